The Kier molecular flexibility index (Phi) is 7.39. The molecule has 5 rings (SSSR count). The first-order valence-corrected chi connectivity index (χ1v) is 12.7. The van der Waals surface area contributed by atoms with Gasteiger partial charge >= 0.3 is 0 Å². The third kappa shape index (κ3) is 5.47. The van der Waals surface area contributed by atoms with Gasteiger partial charge in [-0.1, -0.05) is 29.3 Å². The predicted molar refractivity (Wildman–Crippen MR) is 138 cm³/mol. The lowest BCUT2D eigenvalue weighted by molar-refractivity contribution is -0.179. The first-order chi connectivity index (χ1) is 17.4. The average molecular weight is 531 g/mol. The maximum Gasteiger partial charge on any atom is 0.219 e. The number of amides is 1. The first kappa shape index (κ1) is 24.9. The van der Waals surface area contributed by atoms with Crippen LogP contribution in [0, 0.1) is 0 Å². The van der Waals surface area contributed by atoms with Crippen LogP contribution in [0.5, 0.6) is 5.75 Å². The molecule has 2 aliphatic rings. The Morgan fingerprint density at radius 3 is 2.61 bits per heavy atom. The van der Waals surface area contributed by atoms with Crippen LogP contribution < -0.4 is 9.64 Å². The number of nitrogens with zero attached hydrogens (tertiary/aromatic N) is 3. The highest BCUT2D eigenvalue weighted by atomic mass is 35.5. The average Bonchev–Trinajstić information content (AvgIpc) is 3.54. The zero-order valence-electron chi connectivity index (χ0n) is 20.0. The lowest BCUT2D eigenvalue weighted by Crippen LogP contribution is -2.48. The van der Waals surface area contributed by atoms with Gasteiger partial charge in [0.25, 0.3) is 0 Å². The fourth-order valence-corrected chi connectivity index (χ4v) is 5.16. The zero-order chi connectivity index (χ0) is 25.1. The highest BCUT2D eigenvalue weighted by molar-refractivity contribution is 6.35. The molecular weight excluding hydrogens is 503 g/mol. The molecule has 10 heteroatoms. The highest BCUT2D eigenvalue weighted by Crippen LogP contribution is 2.41. The van der Waals surface area contributed by atoms with Crippen LogP contribution >= 0.6 is 23.2 Å². The van der Waals surface area contributed by atoms with Crippen LogP contribution in [-0.4, -0.2) is 66.3 Å². The second kappa shape index (κ2) is 10.7. The van der Waals surface area contributed by atoms with Gasteiger partial charge in [0.1, 0.15) is 24.3 Å². The van der Waals surface area contributed by atoms with Gasteiger partial charge in [0, 0.05) is 61.8 Å². The monoisotopic (exact) mass is 530 g/mol. The van der Waals surface area contributed by atoms with Crippen LogP contribution in [0.3, 0.4) is 0 Å². The smallest absolute Gasteiger partial charge is 0.219 e. The van der Waals surface area contributed by atoms with Gasteiger partial charge in [0.15, 0.2) is 0 Å². The molecule has 1 aromatic heterocycles. The maximum atomic E-state index is 11.6. The second-order valence-electron chi connectivity index (χ2n) is 8.94. The molecule has 3 aromatic rings. The van der Waals surface area contributed by atoms with Gasteiger partial charge in [-0.25, -0.2) is 4.98 Å². The summed E-state index contributed by atoms with van der Waals surface area (Å²) in [4.78, 5) is 23.1. The predicted octanol–water partition coefficient (Wildman–Crippen LogP) is 4.27. The van der Waals surface area contributed by atoms with E-state index >= 15 is 0 Å². The molecule has 1 amide bonds. The Bertz CT molecular complexity index is 1180. The van der Waals surface area contributed by atoms with Crippen molar-refractivity contribution in [2.75, 3.05) is 44.3 Å². The molecule has 2 aliphatic heterocycles. The van der Waals surface area contributed by atoms with Gasteiger partial charge in [0.2, 0.25) is 11.7 Å². The number of aromatic amines is 1. The molecule has 3 heterocycles. The van der Waals surface area contributed by atoms with Crippen molar-refractivity contribution >= 4 is 34.8 Å². The number of rotatable bonds is 7. The van der Waals surface area contributed by atoms with Crippen molar-refractivity contribution in [3.8, 4) is 5.75 Å². The largest absolute Gasteiger partial charge is 0.491 e. The number of H-pyrrole nitrogens is 1. The van der Waals surface area contributed by atoms with E-state index in [2.05, 4.69) is 14.9 Å². The first-order valence-electron chi connectivity index (χ1n) is 11.9. The number of imidazole rings is 1. The summed E-state index contributed by atoms with van der Waals surface area (Å²) in [6, 6.07) is 13.3. The van der Waals surface area contributed by atoms with E-state index < -0.39 is 5.79 Å². The van der Waals surface area contributed by atoms with Gasteiger partial charge in [-0.3, -0.25) is 4.79 Å². The molecule has 0 bridgehead atoms. The van der Waals surface area contributed by atoms with Crippen molar-refractivity contribution in [3.63, 3.8) is 0 Å². The minimum atomic E-state index is -1.10. The van der Waals surface area contributed by atoms with Crippen molar-refractivity contribution < 1.29 is 19.0 Å². The van der Waals surface area contributed by atoms with Crippen LogP contribution in [0.1, 0.15) is 18.3 Å². The Morgan fingerprint density at radius 2 is 1.94 bits per heavy atom. The van der Waals surface area contributed by atoms with Crippen molar-refractivity contribution in [1.82, 2.24) is 14.9 Å². The Morgan fingerprint density at radius 1 is 1.17 bits per heavy atom. The van der Waals surface area contributed by atoms with E-state index in [1.165, 1.54) is 0 Å². The van der Waals surface area contributed by atoms with Gasteiger partial charge in [-0.15, -0.1) is 0 Å². The van der Waals surface area contributed by atoms with Gasteiger partial charge < -0.3 is 29.0 Å². The number of ether oxygens (including phenoxy) is 3. The summed E-state index contributed by atoms with van der Waals surface area (Å²) in [5.74, 6) is 0.502. The van der Waals surface area contributed by atoms with Crippen LogP contribution in [0.25, 0.3) is 0 Å². The minimum Gasteiger partial charge on any atom is -0.491 e. The number of halogens is 2. The fraction of sp³-hybridized carbons (Fsp3) is 0.385. The van der Waals surface area contributed by atoms with Gasteiger partial charge in [0.05, 0.1) is 18.1 Å². The number of piperazine rings is 1. The lowest BCUT2D eigenvalue weighted by Gasteiger charge is -2.35. The number of hydrogen-bond acceptors (Lipinski definition) is 6. The van der Waals surface area contributed by atoms with Crippen LogP contribution in [0.15, 0.2) is 54.9 Å². The number of nitrogens with one attached hydrogen (secondary N) is 1. The summed E-state index contributed by atoms with van der Waals surface area (Å²) >= 11 is 12.6. The van der Waals surface area contributed by atoms with E-state index in [4.69, 9.17) is 37.4 Å². The molecule has 2 saturated heterocycles. The summed E-state index contributed by atoms with van der Waals surface area (Å²) in [6.07, 6.45) is 3.51. The molecule has 2 unspecified atom stereocenters. The molecule has 0 aliphatic carbocycles. The van der Waals surface area contributed by atoms with Crippen LogP contribution in [0.2, 0.25) is 10.0 Å². The summed E-state index contributed by atoms with van der Waals surface area (Å²) in [5.41, 5.74) is 1.81. The second-order valence-corrected chi connectivity index (χ2v) is 9.78. The number of carbonyl (C=O) groups excluding carboxylic acids is 1. The van der Waals surface area contributed by atoms with E-state index in [9.17, 15) is 4.79 Å². The van der Waals surface area contributed by atoms with Gasteiger partial charge in [-0.05, 0) is 36.4 Å². The topological polar surface area (TPSA) is 79.9 Å². The number of hydrogen-bond donors (Lipinski definition) is 1. The van der Waals surface area contributed by atoms with Crippen molar-refractivity contribution in [1.29, 1.82) is 0 Å². The molecule has 1 N–H and O–H groups in total. The minimum absolute atomic E-state index is 0.128. The number of aromatic nitrogens is 2. The van der Waals surface area contributed by atoms with Crippen LogP contribution in [-0.2, 0) is 26.5 Å². The highest BCUT2D eigenvalue weighted by Gasteiger charge is 2.45. The van der Waals surface area contributed by atoms with Crippen LogP contribution in [0.4, 0.5) is 5.69 Å². The molecule has 0 saturated carbocycles. The molecule has 190 valence electrons. The number of carbonyl (C=O) groups is 1. The molecule has 2 atom stereocenters. The third-order valence-corrected chi connectivity index (χ3v) is 7.07. The maximum absolute atomic E-state index is 11.6. The Hall–Kier alpha value is -2.78. The molecular formula is C26H28Cl2N4O4. The molecule has 2 fully saturated rings. The summed E-state index contributed by atoms with van der Waals surface area (Å²) in [6.45, 7) is 5.40. The molecule has 0 spiro atoms. The van der Waals surface area contributed by atoms with E-state index in [0.29, 0.717) is 35.2 Å². The third-order valence-electron chi connectivity index (χ3n) is 6.52. The van der Waals surface area contributed by atoms with E-state index in [1.54, 1.807) is 31.5 Å². The summed E-state index contributed by atoms with van der Waals surface area (Å²) < 4.78 is 18.7. The number of anilines is 1. The Labute approximate surface area is 220 Å². The zero-order valence-corrected chi connectivity index (χ0v) is 21.5. The van der Waals surface area contributed by atoms with E-state index in [0.717, 1.165) is 43.4 Å². The van der Waals surface area contributed by atoms with Gasteiger partial charge in [-0.2, -0.15) is 0 Å². The van der Waals surface area contributed by atoms with Crippen molar-refractivity contribution in [3.05, 3.63) is 76.3 Å². The Balaban J connectivity index is 1.22. The normalized spacial score (nSPS) is 22.1. The molecule has 2 aromatic carbocycles. The van der Waals surface area contributed by atoms with Crippen molar-refractivity contribution in [2.45, 2.75) is 25.2 Å². The SMILES string of the molecule is CC(=O)N1CCN(c2ccc(OCC3COC(Cc4ncc[nH]4)(c4ccc(Cl)cc4Cl)O3)cc2)CC1. The summed E-state index contributed by atoms with van der Waals surface area (Å²) in [5, 5.41) is 1.01. The fourth-order valence-electron chi connectivity index (χ4n) is 4.61. The molecule has 36 heavy (non-hydrogen) atoms. The van der Waals surface area contributed by atoms with Crippen molar-refractivity contribution in [2.24, 2.45) is 0 Å². The lowest BCUT2D eigenvalue weighted by atomic mass is 10.0. The van der Waals surface area contributed by atoms with E-state index in [-0.39, 0.29) is 12.0 Å². The summed E-state index contributed by atoms with van der Waals surface area (Å²) in [7, 11) is 0. The quantitative estimate of drug-likeness (QED) is 0.491. The molecule has 0 radical (unpaired) electrons. The standard InChI is InChI=1S/C26H28Cl2N4O4/c1-18(33)31-10-12-32(13-11-31)20-3-5-21(6-4-20)34-16-22-17-35-26(36-22,15-25-29-8-9-30-25)23-7-2-19(27)14-24(23)28/h2-9,14,22H,10-13,15-17H2,1H3,(H,29,30). The number of benzene rings is 2. The van der Waals surface area contributed by atoms with E-state index in [1.807, 2.05) is 35.2 Å². The molecule has 8 nitrogen and oxygen atoms in total.